The van der Waals surface area contributed by atoms with Crippen molar-refractivity contribution in [2.24, 2.45) is 0 Å². The molecule has 0 amide bonds. The largest absolute Gasteiger partial charge is 0.478 e. The fraction of sp³-hybridized carbons (Fsp3) is 0.0833. The summed E-state index contributed by atoms with van der Waals surface area (Å²) in [4.78, 5) is 11.0. The third-order valence-electron chi connectivity index (χ3n) is 2.47. The Labute approximate surface area is 117 Å². The fourth-order valence-corrected chi connectivity index (χ4v) is 3.99. The molecule has 1 N–H and O–H groups in total. The van der Waals surface area contributed by atoms with Crippen LogP contribution in [0.4, 0.5) is 0 Å². The molecule has 2 aromatic rings. The Kier molecular flexibility index (Phi) is 3.77. The van der Waals surface area contributed by atoms with Crippen molar-refractivity contribution >= 4 is 31.7 Å². The predicted molar refractivity (Wildman–Crippen MR) is 70.7 cm³/mol. The summed E-state index contributed by atoms with van der Waals surface area (Å²) in [5, 5.41) is 8.91. The molecule has 0 saturated heterocycles. The van der Waals surface area contributed by atoms with E-state index in [4.69, 9.17) is 9.52 Å². The highest BCUT2D eigenvalue weighted by Crippen LogP contribution is 2.26. The average Bonchev–Trinajstić information content (AvgIpc) is 2.76. The van der Waals surface area contributed by atoms with Crippen LogP contribution in [0.5, 0.6) is 0 Å². The zero-order valence-corrected chi connectivity index (χ0v) is 11.9. The van der Waals surface area contributed by atoms with E-state index in [9.17, 15) is 13.2 Å². The van der Waals surface area contributed by atoms with E-state index in [1.54, 1.807) is 18.2 Å². The lowest BCUT2D eigenvalue weighted by molar-refractivity contribution is 0.0695. The smallest absolute Gasteiger partial charge is 0.339 e. The number of hydrogen-bond donors (Lipinski definition) is 1. The van der Waals surface area contributed by atoms with Gasteiger partial charge in [0.2, 0.25) is 0 Å². The second-order valence-corrected chi connectivity index (χ2v) is 6.56. The van der Waals surface area contributed by atoms with E-state index in [1.807, 2.05) is 0 Å². The molecule has 19 heavy (non-hydrogen) atoms. The minimum atomic E-state index is -3.67. The number of carboxylic acids is 1. The second kappa shape index (κ2) is 5.18. The van der Waals surface area contributed by atoms with Gasteiger partial charge < -0.3 is 9.52 Å². The van der Waals surface area contributed by atoms with Gasteiger partial charge in [0.25, 0.3) is 0 Å². The molecule has 0 radical (unpaired) electrons. The Balaban J connectivity index is 2.40. The number of halogens is 1. The summed E-state index contributed by atoms with van der Waals surface area (Å²) in [7, 11) is -3.67. The van der Waals surface area contributed by atoms with E-state index in [2.05, 4.69) is 15.9 Å². The van der Waals surface area contributed by atoms with E-state index in [-0.39, 0.29) is 16.2 Å². The normalized spacial score (nSPS) is 11.4. The van der Waals surface area contributed by atoms with Gasteiger partial charge in [0.05, 0.1) is 11.2 Å². The summed E-state index contributed by atoms with van der Waals surface area (Å²) >= 11 is 3.16. The van der Waals surface area contributed by atoms with E-state index >= 15 is 0 Å². The van der Waals surface area contributed by atoms with Gasteiger partial charge in [-0.2, -0.15) is 0 Å². The number of hydrogen-bond acceptors (Lipinski definition) is 4. The summed E-state index contributed by atoms with van der Waals surface area (Å²) in [5.41, 5.74) is -0.143. The van der Waals surface area contributed by atoms with Crippen molar-refractivity contribution in [3.05, 3.63) is 52.4 Å². The molecule has 0 atom stereocenters. The molecule has 0 aliphatic heterocycles. The Morgan fingerprint density at radius 3 is 2.58 bits per heavy atom. The van der Waals surface area contributed by atoms with Gasteiger partial charge in [-0.1, -0.05) is 12.1 Å². The summed E-state index contributed by atoms with van der Waals surface area (Å²) in [5.74, 6) is -1.79. The van der Waals surface area contributed by atoms with Crippen molar-refractivity contribution in [1.29, 1.82) is 0 Å². The lowest BCUT2D eigenvalue weighted by Gasteiger charge is -2.05. The molecule has 100 valence electrons. The molecule has 7 heteroatoms. The van der Waals surface area contributed by atoms with Gasteiger partial charge in [0, 0.05) is 4.47 Å². The maximum Gasteiger partial charge on any atom is 0.339 e. The first-order valence-corrected chi connectivity index (χ1v) is 7.63. The highest BCUT2D eigenvalue weighted by molar-refractivity contribution is 9.10. The first kappa shape index (κ1) is 13.8. The molecule has 0 fully saturated rings. The lowest BCUT2D eigenvalue weighted by atomic mass is 10.3. The quantitative estimate of drug-likeness (QED) is 0.921. The molecule has 0 saturated carbocycles. The maximum atomic E-state index is 12.2. The van der Waals surface area contributed by atoms with Gasteiger partial charge >= 0.3 is 5.97 Å². The lowest BCUT2D eigenvalue weighted by Crippen LogP contribution is -2.08. The molecular weight excluding hydrogens is 336 g/mol. The summed E-state index contributed by atoms with van der Waals surface area (Å²) in [6.45, 7) is 0. The van der Waals surface area contributed by atoms with Gasteiger partial charge in [-0.15, -0.1) is 0 Å². The van der Waals surface area contributed by atoms with Crippen molar-refractivity contribution in [3.8, 4) is 0 Å². The monoisotopic (exact) mass is 344 g/mol. The number of carbonyl (C=O) groups is 1. The Morgan fingerprint density at radius 2 is 1.95 bits per heavy atom. The van der Waals surface area contributed by atoms with Gasteiger partial charge in [-0.3, -0.25) is 0 Å². The third-order valence-corrected chi connectivity index (χ3v) is 5.09. The van der Waals surface area contributed by atoms with Crippen molar-refractivity contribution in [3.63, 3.8) is 0 Å². The van der Waals surface area contributed by atoms with E-state index in [0.29, 0.717) is 4.47 Å². The van der Waals surface area contributed by atoms with Gasteiger partial charge in [-0.25, -0.2) is 13.2 Å². The van der Waals surface area contributed by atoms with Crippen LogP contribution in [0, 0.1) is 0 Å². The minimum Gasteiger partial charge on any atom is -0.478 e. The fourth-order valence-electron chi connectivity index (χ4n) is 1.59. The summed E-state index contributed by atoms with van der Waals surface area (Å²) < 4.78 is 29.8. The Hall–Kier alpha value is -1.60. The topological polar surface area (TPSA) is 84.6 Å². The second-order valence-electron chi connectivity index (χ2n) is 3.75. The molecule has 1 aromatic heterocycles. The molecule has 5 nitrogen and oxygen atoms in total. The Morgan fingerprint density at radius 1 is 1.26 bits per heavy atom. The SMILES string of the molecule is O=C(O)c1ccoc1CS(=O)(=O)c1ccccc1Br. The number of carboxylic acid groups (broad SMARTS) is 1. The highest BCUT2D eigenvalue weighted by Gasteiger charge is 2.23. The zero-order valence-electron chi connectivity index (χ0n) is 9.54. The average molecular weight is 345 g/mol. The van der Waals surface area contributed by atoms with Crippen LogP contribution in [-0.4, -0.2) is 19.5 Å². The van der Waals surface area contributed by atoms with Crippen LogP contribution in [-0.2, 0) is 15.6 Å². The van der Waals surface area contributed by atoms with Gasteiger partial charge in [0.15, 0.2) is 9.84 Å². The van der Waals surface area contributed by atoms with Gasteiger partial charge in [-0.05, 0) is 34.1 Å². The van der Waals surface area contributed by atoms with E-state index in [0.717, 1.165) is 6.26 Å². The van der Waals surface area contributed by atoms with Crippen LogP contribution in [0.3, 0.4) is 0 Å². The van der Waals surface area contributed by atoms with Crippen molar-refractivity contribution in [2.75, 3.05) is 0 Å². The summed E-state index contributed by atoms with van der Waals surface area (Å²) in [6, 6.07) is 7.57. The predicted octanol–water partition coefficient (Wildman–Crippen LogP) is 2.71. The van der Waals surface area contributed by atoms with Crippen molar-refractivity contribution in [2.45, 2.75) is 10.6 Å². The molecule has 1 heterocycles. The zero-order chi connectivity index (χ0) is 14.0. The molecular formula is C12H9BrO5S. The van der Waals surface area contributed by atoms with Crippen molar-refractivity contribution < 1.29 is 22.7 Å². The molecule has 0 bridgehead atoms. The van der Waals surface area contributed by atoms with E-state index < -0.39 is 21.6 Å². The standard InChI is InChI=1S/C12H9BrO5S/c13-9-3-1-2-4-11(9)19(16,17)7-10-8(12(14)15)5-6-18-10/h1-6H,7H2,(H,14,15). The Bertz CT molecular complexity index is 717. The molecule has 1 aromatic carbocycles. The first-order valence-electron chi connectivity index (χ1n) is 5.19. The first-order chi connectivity index (χ1) is 8.92. The number of benzene rings is 1. The minimum absolute atomic E-state index is 0.0803. The van der Waals surface area contributed by atoms with Gasteiger partial charge in [0.1, 0.15) is 17.1 Å². The summed E-state index contributed by atoms with van der Waals surface area (Å²) in [6.07, 6.45) is 1.16. The maximum absolute atomic E-state index is 12.2. The van der Waals surface area contributed by atoms with Crippen LogP contribution in [0.15, 0.2) is 50.4 Å². The van der Waals surface area contributed by atoms with Crippen molar-refractivity contribution in [1.82, 2.24) is 0 Å². The number of furan rings is 1. The highest BCUT2D eigenvalue weighted by atomic mass is 79.9. The van der Waals surface area contributed by atoms with E-state index in [1.165, 1.54) is 12.1 Å². The molecule has 0 spiro atoms. The molecule has 0 unspecified atom stereocenters. The molecule has 0 aliphatic carbocycles. The van der Waals surface area contributed by atoms with Crippen LogP contribution in [0.25, 0.3) is 0 Å². The van der Waals surface area contributed by atoms with Crippen LogP contribution < -0.4 is 0 Å². The number of aromatic carboxylic acids is 1. The van der Waals surface area contributed by atoms with Crippen LogP contribution in [0.1, 0.15) is 16.1 Å². The van der Waals surface area contributed by atoms with Crippen LogP contribution in [0.2, 0.25) is 0 Å². The number of rotatable bonds is 4. The van der Waals surface area contributed by atoms with Crippen LogP contribution >= 0.6 is 15.9 Å². The number of sulfone groups is 1. The molecule has 2 rings (SSSR count). The third kappa shape index (κ3) is 2.87. The molecule has 0 aliphatic rings.